The van der Waals surface area contributed by atoms with Crippen LogP contribution < -0.4 is 0 Å². The van der Waals surface area contributed by atoms with Crippen molar-refractivity contribution in [3.05, 3.63) is 52.6 Å². The number of nitrogens with zero attached hydrogens (tertiary/aromatic N) is 2. The van der Waals surface area contributed by atoms with Crippen LogP contribution in [-0.4, -0.2) is 16.2 Å². The normalized spacial score (nSPS) is 11.0. The molecule has 21 heavy (non-hydrogen) atoms. The van der Waals surface area contributed by atoms with E-state index in [9.17, 15) is 9.90 Å². The number of hydrogen-bond donors (Lipinski definition) is 2. The first kappa shape index (κ1) is 14.7. The molecule has 2 rings (SSSR count). The smallest absolute Gasteiger partial charge is 0.339 e. The van der Waals surface area contributed by atoms with Gasteiger partial charge in [0.05, 0.1) is 11.4 Å². The summed E-state index contributed by atoms with van der Waals surface area (Å²) in [6, 6.07) is 8.62. The molecule has 0 saturated carbocycles. The first-order chi connectivity index (χ1) is 9.90. The third-order valence-electron chi connectivity index (χ3n) is 3.36. The molecule has 0 saturated heterocycles. The Hall–Kier alpha value is -2.69. The van der Waals surface area contributed by atoms with E-state index in [1.807, 2.05) is 32.0 Å². The second kappa shape index (κ2) is 5.75. The molecule has 0 amide bonds. The zero-order valence-corrected chi connectivity index (χ0v) is 12.1. The van der Waals surface area contributed by atoms with Crippen LogP contribution in [0.1, 0.15) is 27.0 Å². The Balaban J connectivity index is 2.42. The molecular formula is C16H16N2O3. The minimum absolute atomic E-state index is 0.176. The lowest BCUT2D eigenvalue weighted by atomic mass is 10.1. The third kappa shape index (κ3) is 3.08. The monoisotopic (exact) mass is 284 g/mol. The molecule has 0 aliphatic heterocycles. The van der Waals surface area contributed by atoms with Gasteiger partial charge in [-0.1, -0.05) is 12.1 Å². The fourth-order valence-electron chi connectivity index (χ4n) is 1.94. The minimum Gasteiger partial charge on any atom is -0.507 e. The van der Waals surface area contributed by atoms with Crippen molar-refractivity contribution in [2.75, 3.05) is 0 Å². The zero-order chi connectivity index (χ0) is 15.6. The fourth-order valence-corrected chi connectivity index (χ4v) is 1.94. The number of rotatable bonds is 3. The van der Waals surface area contributed by atoms with Crippen molar-refractivity contribution in [3.8, 4) is 5.75 Å². The molecular weight excluding hydrogens is 268 g/mol. The average Bonchev–Trinajstić information content (AvgIpc) is 2.43. The molecule has 0 spiro atoms. The molecule has 0 radical (unpaired) electrons. The summed E-state index contributed by atoms with van der Waals surface area (Å²) in [5, 5.41) is 27.0. The summed E-state index contributed by atoms with van der Waals surface area (Å²) in [5.41, 5.74) is 3.53. The van der Waals surface area contributed by atoms with Crippen LogP contribution in [0.4, 0.5) is 11.4 Å². The Bertz CT molecular complexity index is 737. The highest BCUT2D eigenvalue weighted by atomic mass is 16.4. The average molecular weight is 284 g/mol. The number of benzene rings is 2. The summed E-state index contributed by atoms with van der Waals surface area (Å²) < 4.78 is 0. The number of carbonyl (C=O) groups is 1. The zero-order valence-electron chi connectivity index (χ0n) is 12.1. The molecule has 0 unspecified atom stereocenters. The lowest BCUT2D eigenvalue weighted by molar-refractivity contribution is 0.0693. The second-order valence-corrected chi connectivity index (χ2v) is 4.88. The number of aryl methyl sites for hydroxylation is 2. The number of hydrogen-bond acceptors (Lipinski definition) is 4. The van der Waals surface area contributed by atoms with E-state index >= 15 is 0 Å². The summed E-state index contributed by atoms with van der Waals surface area (Å²) >= 11 is 0. The van der Waals surface area contributed by atoms with Crippen LogP contribution in [0.15, 0.2) is 40.6 Å². The molecule has 5 heteroatoms. The predicted octanol–water partition coefficient (Wildman–Crippen LogP) is 4.43. The summed E-state index contributed by atoms with van der Waals surface area (Å²) in [4.78, 5) is 11.1. The van der Waals surface area contributed by atoms with Gasteiger partial charge in [0.25, 0.3) is 0 Å². The number of azo groups is 1. The first-order valence-corrected chi connectivity index (χ1v) is 6.45. The Morgan fingerprint density at radius 3 is 2.43 bits per heavy atom. The van der Waals surface area contributed by atoms with Gasteiger partial charge in [0.1, 0.15) is 11.3 Å². The van der Waals surface area contributed by atoms with Gasteiger partial charge in [0.2, 0.25) is 0 Å². The Morgan fingerprint density at radius 1 is 1.05 bits per heavy atom. The van der Waals surface area contributed by atoms with E-state index in [2.05, 4.69) is 10.2 Å². The van der Waals surface area contributed by atoms with E-state index in [0.29, 0.717) is 11.3 Å². The van der Waals surface area contributed by atoms with E-state index in [4.69, 9.17) is 5.11 Å². The first-order valence-electron chi connectivity index (χ1n) is 6.45. The number of aromatic carboxylic acids is 1. The van der Waals surface area contributed by atoms with Crippen molar-refractivity contribution in [1.82, 2.24) is 0 Å². The fraction of sp³-hybridized carbons (Fsp3) is 0.188. The van der Waals surface area contributed by atoms with Crippen LogP contribution in [0.25, 0.3) is 0 Å². The molecule has 0 heterocycles. The molecule has 2 N–H and O–H groups in total. The maximum Gasteiger partial charge on any atom is 0.339 e. The molecule has 0 bridgehead atoms. The van der Waals surface area contributed by atoms with E-state index in [0.717, 1.165) is 16.8 Å². The van der Waals surface area contributed by atoms with Gasteiger partial charge in [-0.25, -0.2) is 4.79 Å². The summed E-state index contributed by atoms with van der Waals surface area (Å²) in [6.45, 7) is 5.56. The molecule has 2 aromatic carbocycles. The van der Waals surface area contributed by atoms with Crippen molar-refractivity contribution in [2.45, 2.75) is 20.8 Å². The number of phenols is 1. The van der Waals surface area contributed by atoms with E-state index in [1.165, 1.54) is 6.07 Å². The molecule has 0 fully saturated rings. The standard InChI is InChI=1S/C16H16N2O3/c1-9-5-4-6-14(11(9)3)18-17-12-7-10(2)15(19)13(8-12)16(20)21/h4-8,19H,1-3H3,(H,20,21). The quantitative estimate of drug-likeness (QED) is 0.818. The number of carboxylic acids is 1. The maximum atomic E-state index is 11.1. The molecule has 108 valence electrons. The highest BCUT2D eigenvalue weighted by Gasteiger charge is 2.13. The lowest BCUT2D eigenvalue weighted by Gasteiger charge is -2.05. The summed E-state index contributed by atoms with van der Waals surface area (Å²) in [6.07, 6.45) is 0. The molecule has 0 aliphatic rings. The van der Waals surface area contributed by atoms with Gasteiger partial charge in [0.15, 0.2) is 0 Å². The lowest BCUT2D eigenvalue weighted by Crippen LogP contribution is -1.97. The number of aromatic hydroxyl groups is 1. The largest absolute Gasteiger partial charge is 0.507 e. The topological polar surface area (TPSA) is 82.2 Å². The van der Waals surface area contributed by atoms with Crippen molar-refractivity contribution in [1.29, 1.82) is 0 Å². The molecule has 2 aromatic rings. The third-order valence-corrected chi connectivity index (χ3v) is 3.36. The van der Waals surface area contributed by atoms with Crippen LogP contribution in [0.5, 0.6) is 5.75 Å². The van der Waals surface area contributed by atoms with Gasteiger partial charge in [0, 0.05) is 0 Å². The van der Waals surface area contributed by atoms with Gasteiger partial charge < -0.3 is 10.2 Å². The molecule has 0 aromatic heterocycles. The summed E-state index contributed by atoms with van der Waals surface area (Å²) in [7, 11) is 0. The van der Waals surface area contributed by atoms with E-state index < -0.39 is 5.97 Å². The van der Waals surface area contributed by atoms with Crippen LogP contribution in [0.3, 0.4) is 0 Å². The number of carboxylic acid groups (broad SMARTS) is 1. The van der Waals surface area contributed by atoms with E-state index in [1.54, 1.807) is 13.0 Å². The second-order valence-electron chi connectivity index (χ2n) is 4.88. The van der Waals surface area contributed by atoms with Gasteiger partial charge in [-0.15, -0.1) is 0 Å². The van der Waals surface area contributed by atoms with Crippen molar-refractivity contribution in [3.63, 3.8) is 0 Å². The van der Waals surface area contributed by atoms with Crippen LogP contribution in [-0.2, 0) is 0 Å². The molecule has 0 aliphatic carbocycles. The summed E-state index contributed by atoms with van der Waals surface area (Å²) in [5.74, 6) is -1.44. The van der Waals surface area contributed by atoms with Gasteiger partial charge >= 0.3 is 5.97 Å². The van der Waals surface area contributed by atoms with Gasteiger partial charge in [-0.05, 0) is 55.7 Å². The van der Waals surface area contributed by atoms with Crippen LogP contribution in [0, 0.1) is 20.8 Å². The maximum absolute atomic E-state index is 11.1. The highest BCUT2D eigenvalue weighted by molar-refractivity contribution is 5.92. The van der Waals surface area contributed by atoms with Crippen molar-refractivity contribution < 1.29 is 15.0 Å². The predicted molar refractivity (Wildman–Crippen MR) is 79.9 cm³/mol. The SMILES string of the molecule is Cc1cccc(N=Nc2cc(C)c(O)c(C(=O)O)c2)c1C. The molecule has 0 atom stereocenters. The van der Waals surface area contributed by atoms with Crippen LogP contribution in [0.2, 0.25) is 0 Å². The Morgan fingerprint density at radius 2 is 1.76 bits per heavy atom. The highest BCUT2D eigenvalue weighted by Crippen LogP contribution is 2.30. The van der Waals surface area contributed by atoms with Gasteiger partial charge in [-0.3, -0.25) is 0 Å². The van der Waals surface area contributed by atoms with Gasteiger partial charge in [-0.2, -0.15) is 10.2 Å². The minimum atomic E-state index is -1.20. The van der Waals surface area contributed by atoms with Crippen LogP contribution >= 0.6 is 0 Å². The van der Waals surface area contributed by atoms with E-state index in [-0.39, 0.29) is 11.3 Å². The van der Waals surface area contributed by atoms with Crippen molar-refractivity contribution in [2.24, 2.45) is 10.2 Å². The Kier molecular flexibility index (Phi) is 4.03. The molecule has 5 nitrogen and oxygen atoms in total. The Labute approximate surface area is 122 Å². The van der Waals surface area contributed by atoms with Crippen molar-refractivity contribution >= 4 is 17.3 Å².